The molecule has 0 radical (unpaired) electrons. The molecule has 3 saturated heterocycles. The largest absolute Gasteiger partial charge is 0.416 e. The van der Waals surface area contributed by atoms with Gasteiger partial charge in [0, 0.05) is 73.1 Å². The lowest BCUT2D eigenvalue weighted by atomic mass is 10.0. The average molecular weight is 964 g/mol. The lowest BCUT2D eigenvalue weighted by Crippen LogP contribution is -2.54. The first-order valence-electron chi connectivity index (χ1n) is 22.5. The Bertz CT molecular complexity index is 2970. The van der Waals surface area contributed by atoms with Gasteiger partial charge in [0.1, 0.15) is 17.6 Å². The number of carbonyl (C=O) groups excluding carboxylic acids is 6. The molecule has 4 aliphatic heterocycles. The molecule has 0 spiro atoms. The third-order valence-corrected chi connectivity index (χ3v) is 13.0. The van der Waals surface area contributed by atoms with Gasteiger partial charge in [-0.15, -0.1) is 5.10 Å². The summed E-state index contributed by atoms with van der Waals surface area (Å²) in [6.45, 7) is 4.47. The number of benzene rings is 3. The number of carbonyl (C=O) groups is 6. The smallest absolute Gasteiger partial charge is 0.384 e. The molecule has 5 aromatic rings. The van der Waals surface area contributed by atoms with Gasteiger partial charge in [0.05, 0.1) is 35.1 Å². The zero-order valence-electron chi connectivity index (χ0n) is 37.2. The molecule has 0 saturated carbocycles. The SMILES string of the molecule is Cc1c(C#Cc2cnc3ccc(N4CCC(OC5CCN(C(=O)CCNc6cccc7c6C(=O)N(C6CCC(=O)NC6=O)C7=O)CC5)CC4)nn23)cccc1C(=O)Nc1cc(Cl)cc(C(F)(F)F)c1. The molecule has 356 valence electrons. The van der Waals surface area contributed by atoms with Gasteiger partial charge in [-0.1, -0.05) is 29.7 Å². The number of rotatable bonds is 10. The Morgan fingerprint density at radius 2 is 1.64 bits per heavy atom. The molecule has 16 nitrogen and oxygen atoms in total. The van der Waals surface area contributed by atoms with E-state index in [1.165, 1.54) is 12.1 Å². The van der Waals surface area contributed by atoms with Crippen LogP contribution in [0, 0.1) is 18.8 Å². The van der Waals surface area contributed by atoms with Crippen LogP contribution in [-0.2, 0) is 25.3 Å². The number of likely N-dealkylation sites (tertiary alicyclic amines) is 1. The number of imide groups is 2. The molecule has 6 heterocycles. The summed E-state index contributed by atoms with van der Waals surface area (Å²) in [5, 5.41) is 12.6. The lowest BCUT2D eigenvalue weighted by molar-refractivity contribution is -0.138. The molecule has 1 unspecified atom stereocenters. The molecular weight excluding hydrogens is 919 g/mol. The molecular formula is C49H45ClF3N9O7. The molecule has 3 fully saturated rings. The van der Waals surface area contributed by atoms with Crippen LogP contribution in [0.5, 0.6) is 0 Å². The summed E-state index contributed by atoms with van der Waals surface area (Å²) in [7, 11) is 0. The fourth-order valence-electron chi connectivity index (χ4n) is 9.15. The van der Waals surface area contributed by atoms with E-state index in [1.54, 1.807) is 48.0 Å². The van der Waals surface area contributed by atoms with Gasteiger partial charge >= 0.3 is 6.18 Å². The maximum absolute atomic E-state index is 13.4. The van der Waals surface area contributed by atoms with Gasteiger partial charge in [-0.05, 0) is 105 Å². The van der Waals surface area contributed by atoms with Crippen molar-refractivity contribution in [3.63, 3.8) is 0 Å². The third kappa shape index (κ3) is 9.99. The number of nitrogens with one attached hydrogen (secondary N) is 3. The van der Waals surface area contributed by atoms with E-state index < -0.39 is 47.3 Å². The summed E-state index contributed by atoms with van der Waals surface area (Å²) >= 11 is 5.91. The minimum absolute atomic E-state index is 0.0150. The van der Waals surface area contributed by atoms with Gasteiger partial charge in [-0.25, -0.2) is 9.50 Å². The van der Waals surface area contributed by atoms with Crippen LogP contribution in [0.3, 0.4) is 0 Å². The van der Waals surface area contributed by atoms with Crippen molar-refractivity contribution in [1.82, 2.24) is 29.7 Å². The van der Waals surface area contributed by atoms with E-state index in [0.29, 0.717) is 67.2 Å². The monoisotopic (exact) mass is 963 g/mol. The molecule has 9 rings (SSSR count). The van der Waals surface area contributed by atoms with Gasteiger partial charge < -0.3 is 25.2 Å². The highest BCUT2D eigenvalue weighted by Crippen LogP contribution is 2.35. The number of anilines is 3. The highest BCUT2D eigenvalue weighted by Gasteiger charge is 2.45. The van der Waals surface area contributed by atoms with Crippen molar-refractivity contribution in [2.75, 3.05) is 48.3 Å². The Hall–Kier alpha value is -7.30. The summed E-state index contributed by atoms with van der Waals surface area (Å²) in [6.07, 6.45) is 0.274. The molecule has 0 bridgehead atoms. The summed E-state index contributed by atoms with van der Waals surface area (Å²) in [4.78, 5) is 86.5. The van der Waals surface area contributed by atoms with Crippen molar-refractivity contribution in [3.05, 3.63) is 117 Å². The highest BCUT2D eigenvalue weighted by atomic mass is 35.5. The maximum atomic E-state index is 13.4. The highest BCUT2D eigenvalue weighted by molar-refractivity contribution is 6.31. The Morgan fingerprint density at radius 1 is 0.899 bits per heavy atom. The number of fused-ring (bicyclic) bond motifs is 2. The Morgan fingerprint density at radius 3 is 2.38 bits per heavy atom. The minimum atomic E-state index is -4.63. The summed E-state index contributed by atoms with van der Waals surface area (Å²) in [5.41, 5.74) is 2.08. The molecule has 0 aliphatic carbocycles. The van der Waals surface area contributed by atoms with Crippen LogP contribution in [0.4, 0.5) is 30.4 Å². The Balaban J connectivity index is 0.740. The van der Waals surface area contributed by atoms with Crippen molar-refractivity contribution in [1.29, 1.82) is 0 Å². The third-order valence-electron chi connectivity index (χ3n) is 12.8. The van der Waals surface area contributed by atoms with Crippen molar-refractivity contribution >= 4 is 69.9 Å². The normalized spacial score (nSPS) is 18.0. The predicted molar refractivity (Wildman–Crippen MR) is 247 cm³/mol. The number of imidazole rings is 1. The number of hydrogen-bond donors (Lipinski definition) is 3. The fraction of sp³-hybridized carbons (Fsp3) is 0.347. The molecule has 1 atom stereocenters. The van der Waals surface area contributed by atoms with E-state index >= 15 is 0 Å². The number of ether oxygens (including phenoxy) is 1. The fourth-order valence-corrected chi connectivity index (χ4v) is 9.38. The number of hydrogen-bond acceptors (Lipinski definition) is 11. The van der Waals surface area contributed by atoms with Gasteiger partial charge in [0.25, 0.3) is 17.7 Å². The van der Waals surface area contributed by atoms with Crippen LogP contribution in [0.15, 0.2) is 72.9 Å². The van der Waals surface area contributed by atoms with Crippen LogP contribution >= 0.6 is 11.6 Å². The van der Waals surface area contributed by atoms with Crippen LogP contribution in [0.2, 0.25) is 5.02 Å². The molecule has 69 heavy (non-hydrogen) atoms. The number of aromatic nitrogens is 3. The zero-order valence-corrected chi connectivity index (χ0v) is 38.0. The second-order valence-corrected chi connectivity index (χ2v) is 17.7. The van der Waals surface area contributed by atoms with Crippen LogP contribution in [-0.4, -0.2) is 111 Å². The number of alkyl halides is 3. The summed E-state index contributed by atoms with van der Waals surface area (Å²) in [5.74, 6) is 3.98. The quantitative estimate of drug-likeness (QED) is 0.106. The molecule has 4 aliphatic rings. The second-order valence-electron chi connectivity index (χ2n) is 17.3. The molecule has 6 amide bonds. The zero-order chi connectivity index (χ0) is 48.6. The van der Waals surface area contributed by atoms with Crippen molar-refractivity contribution in [3.8, 4) is 11.8 Å². The van der Waals surface area contributed by atoms with E-state index in [2.05, 4.69) is 37.7 Å². The molecule has 3 aromatic carbocycles. The predicted octanol–water partition coefficient (Wildman–Crippen LogP) is 6.24. The average Bonchev–Trinajstić information content (AvgIpc) is 3.85. The Labute approximate surface area is 398 Å². The van der Waals surface area contributed by atoms with Crippen LogP contribution < -0.4 is 20.9 Å². The van der Waals surface area contributed by atoms with Crippen molar-refractivity contribution < 1.29 is 46.7 Å². The molecule has 3 N–H and O–H groups in total. The van der Waals surface area contributed by atoms with Gasteiger partial charge in [-0.3, -0.25) is 39.0 Å². The molecule has 20 heteroatoms. The first-order chi connectivity index (χ1) is 33.1. The maximum Gasteiger partial charge on any atom is 0.416 e. The van der Waals surface area contributed by atoms with E-state index in [-0.39, 0.29) is 71.3 Å². The standard InChI is InChI=1S/C49H45ClF3N9O7/c1-28-29(4-2-5-36(28)45(65)56-32-25-30(49(51,52)53)24-31(50)26-32)8-9-33-27-55-40-11-12-41(58-62(33)40)59-20-15-34(16-21-59)69-35-17-22-60(23-18-35)43(64)14-19-54-38-7-3-6-37-44(38)48(68)61(47(37)67)39-10-13-42(63)57-46(39)66/h2-7,11-12,24-27,34-35,39,54H,10,13-23H2,1H3,(H,56,65)(H,57,63,66). The van der Waals surface area contributed by atoms with E-state index in [9.17, 15) is 41.9 Å². The first kappa shape index (κ1) is 46.8. The van der Waals surface area contributed by atoms with E-state index in [4.69, 9.17) is 21.4 Å². The second kappa shape index (κ2) is 19.4. The van der Waals surface area contributed by atoms with E-state index in [1.807, 2.05) is 17.0 Å². The van der Waals surface area contributed by atoms with Gasteiger partial charge in [0.15, 0.2) is 5.65 Å². The van der Waals surface area contributed by atoms with Gasteiger partial charge in [-0.2, -0.15) is 13.2 Å². The topological polar surface area (TPSA) is 188 Å². The number of piperidine rings is 3. The summed E-state index contributed by atoms with van der Waals surface area (Å²) < 4.78 is 48.2. The first-order valence-corrected chi connectivity index (χ1v) is 22.9. The van der Waals surface area contributed by atoms with Gasteiger partial charge in [0.2, 0.25) is 17.7 Å². The van der Waals surface area contributed by atoms with Crippen molar-refractivity contribution in [2.24, 2.45) is 0 Å². The Kier molecular flexibility index (Phi) is 13.1. The minimum Gasteiger partial charge on any atom is -0.384 e. The van der Waals surface area contributed by atoms with Crippen LogP contribution in [0.1, 0.15) is 98.4 Å². The summed E-state index contributed by atoms with van der Waals surface area (Å²) in [6, 6.07) is 15.4. The van der Waals surface area contributed by atoms with E-state index in [0.717, 1.165) is 35.7 Å². The molecule has 2 aromatic heterocycles. The lowest BCUT2D eigenvalue weighted by Gasteiger charge is -2.37. The number of amides is 6. The number of halogens is 4. The van der Waals surface area contributed by atoms with Crippen molar-refractivity contribution in [2.45, 2.75) is 76.3 Å². The van der Waals surface area contributed by atoms with Crippen LogP contribution in [0.25, 0.3) is 5.65 Å². The number of nitrogens with zero attached hydrogens (tertiary/aromatic N) is 6.